The van der Waals surface area contributed by atoms with Crippen LogP contribution in [0.4, 0.5) is 5.69 Å². The van der Waals surface area contributed by atoms with Gasteiger partial charge in [-0.3, -0.25) is 15.3 Å². The van der Waals surface area contributed by atoms with Crippen LogP contribution in [0.3, 0.4) is 0 Å². The van der Waals surface area contributed by atoms with Crippen molar-refractivity contribution in [1.29, 1.82) is 0 Å². The number of anilines is 1. The van der Waals surface area contributed by atoms with Gasteiger partial charge >= 0.3 is 0 Å². The summed E-state index contributed by atoms with van der Waals surface area (Å²) in [6, 6.07) is 31.9. The minimum atomic E-state index is 0.201. The van der Waals surface area contributed by atoms with Gasteiger partial charge in [-0.25, -0.2) is 0 Å². The first-order valence-corrected chi connectivity index (χ1v) is 22.6. The molecule has 294 valence electrons. The summed E-state index contributed by atoms with van der Waals surface area (Å²) in [5.74, 6) is 4.69. The quantitative estimate of drug-likeness (QED) is 0.190. The number of benzene rings is 2. The number of piperazine rings is 1. The zero-order valence-electron chi connectivity index (χ0n) is 33.6. The topological polar surface area (TPSA) is 71.1 Å². The van der Waals surface area contributed by atoms with E-state index in [4.69, 9.17) is 9.98 Å². The van der Waals surface area contributed by atoms with Crippen molar-refractivity contribution in [2.75, 3.05) is 24.5 Å². The van der Waals surface area contributed by atoms with E-state index in [1.807, 2.05) is 18.5 Å². The molecule has 13 unspecified atom stereocenters. The molecular weight excluding hydrogens is 711 g/mol. The molecule has 7 aliphatic heterocycles. The summed E-state index contributed by atoms with van der Waals surface area (Å²) < 4.78 is 0. The summed E-state index contributed by atoms with van der Waals surface area (Å²) in [7, 11) is 0. The Morgan fingerprint density at radius 2 is 1.57 bits per heavy atom. The van der Waals surface area contributed by atoms with Crippen LogP contribution in [0.2, 0.25) is 17.5 Å². The number of piperidine rings is 1. The van der Waals surface area contributed by atoms with E-state index in [0.717, 1.165) is 26.1 Å². The highest BCUT2D eigenvalue weighted by molar-refractivity contribution is 6.65. The van der Waals surface area contributed by atoms with Crippen LogP contribution in [-0.2, 0) is 0 Å². The molecule has 2 saturated carbocycles. The maximum absolute atomic E-state index is 5.26. The summed E-state index contributed by atoms with van der Waals surface area (Å²) >= 11 is 0. The Hall–Kier alpha value is -4.44. The third-order valence-corrected chi connectivity index (χ3v) is 16.9. The van der Waals surface area contributed by atoms with E-state index in [0.29, 0.717) is 72.3 Å². The van der Waals surface area contributed by atoms with Gasteiger partial charge in [0, 0.05) is 90.1 Å². The summed E-state index contributed by atoms with van der Waals surface area (Å²) in [6.45, 7) is 10.2. The fourth-order valence-electron chi connectivity index (χ4n) is 15.5. The number of fused-ring (bicyclic) bond motifs is 10. The van der Waals surface area contributed by atoms with E-state index >= 15 is 0 Å². The van der Waals surface area contributed by atoms with Crippen LogP contribution < -0.4 is 20.9 Å². The molecule has 0 spiro atoms. The van der Waals surface area contributed by atoms with Gasteiger partial charge in [0.15, 0.2) is 6.71 Å². The number of hydrogen-bond acceptors (Lipinski definition) is 8. The van der Waals surface area contributed by atoms with Crippen molar-refractivity contribution in [1.82, 2.24) is 30.7 Å². The fourth-order valence-corrected chi connectivity index (χ4v) is 15.5. The Morgan fingerprint density at radius 3 is 2.38 bits per heavy atom. The van der Waals surface area contributed by atoms with Crippen LogP contribution in [-0.4, -0.2) is 89.8 Å². The van der Waals surface area contributed by atoms with E-state index in [1.165, 1.54) is 65.9 Å². The van der Waals surface area contributed by atoms with E-state index in [-0.39, 0.29) is 12.1 Å². The summed E-state index contributed by atoms with van der Waals surface area (Å²) in [5, 5.41) is 12.3. The van der Waals surface area contributed by atoms with Gasteiger partial charge in [0.25, 0.3) is 0 Å². The lowest BCUT2D eigenvalue weighted by Crippen LogP contribution is -2.74. The average Bonchev–Trinajstić information content (AvgIpc) is 3.99. The van der Waals surface area contributed by atoms with Crippen molar-refractivity contribution in [2.24, 2.45) is 10.9 Å². The zero-order valence-corrected chi connectivity index (χ0v) is 33.6. The van der Waals surface area contributed by atoms with Crippen LogP contribution >= 0.6 is 0 Å². The van der Waals surface area contributed by atoms with Crippen molar-refractivity contribution in [2.45, 2.75) is 117 Å². The molecule has 1 aromatic heterocycles. The third-order valence-electron chi connectivity index (χ3n) is 16.9. The number of nitrogens with zero attached hydrogens (tertiary/aromatic N) is 5. The number of nitrogens with one attached hydrogen (secondary N) is 3. The van der Waals surface area contributed by atoms with E-state index in [1.54, 1.807) is 17.1 Å². The van der Waals surface area contributed by atoms with Crippen molar-refractivity contribution in [3.8, 4) is 0 Å². The Bertz CT molecular complexity index is 2270. The highest BCUT2D eigenvalue weighted by atomic mass is 15.5. The van der Waals surface area contributed by atoms with E-state index in [9.17, 15) is 0 Å². The largest absolute Gasteiger partial charge is 0.367 e. The predicted molar refractivity (Wildman–Crippen MR) is 233 cm³/mol. The van der Waals surface area contributed by atoms with Gasteiger partial charge < -0.3 is 25.3 Å². The van der Waals surface area contributed by atoms with E-state index in [2.05, 4.69) is 123 Å². The van der Waals surface area contributed by atoms with Crippen LogP contribution in [0.25, 0.3) is 0 Å². The molecule has 8 nitrogen and oxygen atoms in total. The van der Waals surface area contributed by atoms with Gasteiger partial charge in [-0.15, -0.1) is 0 Å². The normalized spacial score (nSPS) is 39.2. The van der Waals surface area contributed by atoms with Crippen molar-refractivity contribution >= 4 is 18.6 Å². The van der Waals surface area contributed by atoms with Crippen molar-refractivity contribution < 1.29 is 0 Å². The molecule has 8 heterocycles. The fraction of sp³-hybridized carbons (Fsp3) is 0.469. The first-order chi connectivity index (χ1) is 28.7. The lowest BCUT2D eigenvalue weighted by molar-refractivity contribution is 0.0138. The maximum Gasteiger partial charge on any atom is 0.159 e. The number of para-hydroxylation sites is 1. The molecular formula is C49H55BN8. The van der Waals surface area contributed by atoms with Gasteiger partial charge in [-0.1, -0.05) is 80.1 Å². The minimum absolute atomic E-state index is 0.201. The number of allylic oxidation sites excluding steroid dienone is 2. The summed E-state index contributed by atoms with van der Waals surface area (Å²) in [6.07, 6.45) is 13.7. The van der Waals surface area contributed by atoms with Gasteiger partial charge in [0.2, 0.25) is 0 Å². The van der Waals surface area contributed by atoms with Gasteiger partial charge in [-0.2, -0.15) is 0 Å². The van der Waals surface area contributed by atoms with E-state index < -0.39 is 0 Å². The third kappa shape index (κ3) is 4.53. The van der Waals surface area contributed by atoms with Crippen LogP contribution in [0.1, 0.15) is 68.5 Å². The molecule has 0 bridgehead atoms. The molecule has 4 saturated heterocycles. The summed E-state index contributed by atoms with van der Waals surface area (Å²) in [5.41, 5.74) is 11.3. The van der Waals surface area contributed by atoms with Crippen LogP contribution in [0.15, 0.2) is 137 Å². The first kappa shape index (κ1) is 34.4. The number of pyridine rings is 1. The highest BCUT2D eigenvalue weighted by Crippen LogP contribution is 2.69. The average molecular weight is 767 g/mol. The molecule has 0 radical (unpaired) electrons. The van der Waals surface area contributed by atoms with Crippen LogP contribution in [0.5, 0.6) is 0 Å². The molecule has 13 atom stereocenters. The Kier molecular flexibility index (Phi) is 7.74. The molecule has 13 rings (SSSR count). The number of rotatable bonds is 5. The molecule has 3 aliphatic carbocycles. The molecule has 0 amide bonds. The lowest BCUT2D eigenvalue weighted by Gasteiger charge is -2.68. The molecule has 58 heavy (non-hydrogen) atoms. The maximum atomic E-state index is 5.26. The second kappa shape index (κ2) is 13.0. The van der Waals surface area contributed by atoms with Crippen LogP contribution in [0, 0.1) is 5.92 Å². The van der Waals surface area contributed by atoms with Crippen molar-refractivity contribution in [3.63, 3.8) is 0 Å². The molecule has 3 N–H and O–H groups in total. The Morgan fingerprint density at radius 1 is 0.810 bits per heavy atom. The first-order valence-electron chi connectivity index (χ1n) is 22.6. The highest BCUT2D eigenvalue weighted by Gasteiger charge is 2.71. The minimum Gasteiger partial charge on any atom is -0.367 e. The molecule has 3 aromatic rings. The van der Waals surface area contributed by atoms with Crippen molar-refractivity contribution in [3.05, 3.63) is 143 Å². The molecule has 2 aromatic carbocycles. The predicted octanol–water partition coefficient (Wildman–Crippen LogP) is 7.06. The second-order valence-corrected chi connectivity index (χ2v) is 19.1. The van der Waals surface area contributed by atoms with Gasteiger partial charge in [-0.05, 0) is 97.6 Å². The number of aromatic nitrogens is 1. The number of aliphatic imine (C=N–C) groups is 1. The van der Waals surface area contributed by atoms with Gasteiger partial charge in [0.1, 0.15) is 12.0 Å². The Labute approximate surface area is 343 Å². The molecule has 6 fully saturated rings. The standard InChI is InChI=1S/C49H55BN8/c1-3-21-52-42-28(2)38(29-13-6-4-7-14-29)47-40(42)43-46-34(20-23-53-43)50-33-18-12-17-32-39-44-48(55-25-24-54-44)56(31-15-8-5-9-16-31)49(39)58(45(32)33)37-27-30(35-19-10-11-22-51-35)26-36(41(37)50)57(46)47/h3-11,13-16,19,21-22,30,32-34,36-38,41,43-46,48,53-55H,1,12,17-18,20,23-27H2,2H3. The van der Waals surface area contributed by atoms with Gasteiger partial charge in [0.05, 0.1) is 17.8 Å². The molecule has 10 aliphatic rings. The zero-order chi connectivity index (χ0) is 38.2. The number of hydrogen-bond donors (Lipinski definition) is 3. The Balaban J connectivity index is 1.02. The smallest absolute Gasteiger partial charge is 0.159 e. The monoisotopic (exact) mass is 766 g/mol. The molecule has 9 heteroatoms. The second-order valence-electron chi connectivity index (χ2n) is 19.1. The SMILES string of the molecule is C=CC=NC1=C(C)C(c2ccccc2)C2=C1C1NCCC3B4C5CCCC6C7=C(N(c8ccccc8)C8NCCNC78)N(C7CC(c8ccccn8)CC(C47)N2C31)C56. The summed E-state index contributed by atoms with van der Waals surface area (Å²) in [4.78, 5) is 19.4. The lowest BCUT2D eigenvalue weighted by atomic mass is 9.18.